The number of rotatable bonds is 4. The average Bonchev–Trinajstić information content (AvgIpc) is 3.10. The van der Waals surface area contributed by atoms with Crippen molar-refractivity contribution < 1.29 is 14.3 Å². The van der Waals surface area contributed by atoms with Gasteiger partial charge in [0.2, 0.25) is 5.91 Å². The molecule has 3 rings (SSSR count). The van der Waals surface area contributed by atoms with E-state index < -0.39 is 0 Å². The molecule has 2 heterocycles. The van der Waals surface area contributed by atoms with E-state index in [2.05, 4.69) is 10.6 Å². The Kier molecular flexibility index (Phi) is 3.53. The number of benzene rings is 1. The van der Waals surface area contributed by atoms with Crippen molar-refractivity contribution in [1.82, 2.24) is 5.32 Å². The van der Waals surface area contributed by atoms with Crippen molar-refractivity contribution in [3.63, 3.8) is 0 Å². The number of carbonyl (C=O) groups excluding carboxylic acids is 1. The molecule has 1 amide bonds. The van der Waals surface area contributed by atoms with Gasteiger partial charge in [0.1, 0.15) is 11.5 Å². The lowest BCUT2D eigenvalue weighted by Gasteiger charge is -2.20. The van der Waals surface area contributed by atoms with E-state index in [1.165, 1.54) is 6.42 Å². The maximum atomic E-state index is 12.4. The summed E-state index contributed by atoms with van der Waals surface area (Å²) in [5.74, 6) is 1.48. The highest BCUT2D eigenvalue weighted by Gasteiger charge is 2.42. The van der Waals surface area contributed by atoms with E-state index in [-0.39, 0.29) is 11.8 Å². The summed E-state index contributed by atoms with van der Waals surface area (Å²) in [6.45, 7) is 0. The van der Waals surface area contributed by atoms with Crippen LogP contribution >= 0.6 is 0 Å². The highest BCUT2D eigenvalue weighted by molar-refractivity contribution is 5.94. The fourth-order valence-electron chi connectivity index (χ4n) is 3.24. The predicted molar refractivity (Wildman–Crippen MR) is 76.2 cm³/mol. The minimum absolute atomic E-state index is 0.0700. The van der Waals surface area contributed by atoms with Gasteiger partial charge in [-0.05, 0) is 31.4 Å². The molecule has 1 aromatic carbocycles. The van der Waals surface area contributed by atoms with Gasteiger partial charge in [0.05, 0.1) is 25.8 Å². The van der Waals surface area contributed by atoms with E-state index in [9.17, 15) is 4.79 Å². The van der Waals surface area contributed by atoms with Crippen molar-refractivity contribution in [2.45, 2.75) is 31.3 Å². The monoisotopic (exact) mass is 276 g/mol. The van der Waals surface area contributed by atoms with E-state index in [0.717, 1.165) is 12.8 Å². The number of hydrogen-bond acceptors (Lipinski definition) is 4. The molecule has 2 fully saturated rings. The topological polar surface area (TPSA) is 59.6 Å². The molecule has 2 bridgehead atoms. The quantitative estimate of drug-likeness (QED) is 0.880. The van der Waals surface area contributed by atoms with Crippen LogP contribution in [0.15, 0.2) is 18.2 Å². The third-order valence-electron chi connectivity index (χ3n) is 4.30. The van der Waals surface area contributed by atoms with Crippen molar-refractivity contribution in [1.29, 1.82) is 0 Å². The van der Waals surface area contributed by atoms with Gasteiger partial charge in [-0.15, -0.1) is 0 Å². The number of methoxy groups -OCH3 is 2. The van der Waals surface area contributed by atoms with Gasteiger partial charge >= 0.3 is 0 Å². The summed E-state index contributed by atoms with van der Waals surface area (Å²) in [7, 11) is 3.19. The number of anilines is 1. The molecule has 3 unspecified atom stereocenters. The van der Waals surface area contributed by atoms with E-state index in [4.69, 9.17) is 9.47 Å². The fraction of sp³-hybridized carbons (Fsp3) is 0.533. The number of ether oxygens (including phenoxy) is 2. The van der Waals surface area contributed by atoms with Crippen LogP contribution in [-0.4, -0.2) is 32.2 Å². The van der Waals surface area contributed by atoms with Crippen LogP contribution in [0.3, 0.4) is 0 Å². The van der Waals surface area contributed by atoms with Crippen LogP contribution in [0.4, 0.5) is 5.69 Å². The zero-order valence-corrected chi connectivity index (χ0v) is 11.8. The molecule has 0 spiro atoms. The minimum Gasteiger partial charge on any atom is -0.497 e. The molecule has 3 atom stereocenters. The standard InChI is InChI=1S/C15H20N2O3/c1-19-10-4-6-13(14(8-10)20-2)17-15(18)11-7-9-3-5-12(11)16-9/h4,6,8-9,11-12,16H,3,5,7H2,1-2H3,(H,17,18). The number of amides is 1. The third kappa shape index (κ3) is 2.33. The fourth-order valence-corrected chi connectivity index (χ4v) is 3.24. The van der Waals surface area contributed by atoms with Crippen molar-refractivity contribution in [2.24, 2.45) is 5.92 Å². The van der Waals surface area contributed by atoms with E-state index >= 15 is 0 Å². The summed E-state index contributed by atoms with van der Waals surface area (Å²) >= 11 is 0. The molecule has 2 saturated heterocycles. The number of carbonyl (C=O) groups is 1. The summed E-state index contributed by atoms with van der Waals surface area (Å²) < 4.78 is 10.5. The molecular weight excluding hydrogens is 256 g/mol. The maximum Gasteiger partial charge on any atom is 0.229 e. The summed E-state index contributed by atoms with van der Waals surface area (Å²) in [6, 6.07) is 6.26. The van der Waals surface area contributed by atoms with Gasteiger partial charge in [-0.2, -0.15) is 0 Å². The summed E-state index contributed by atoms with van der Waals surface area (Å²) in [5.41, 5.74) is 0.695. The van der Waals surface area contributed by atoms with Crippen LogP contribution in [0.25, 0.3) is 0 Å². The number of nitrogens with one attached hydrogen (secondary N) is 2. The summed E-state index contributed by atoms with van der Waals surface area (Å²) in [5, 5.41) is 6.46. The minimum atomic E-state index is 0.0700. The van der Waals surface area contributed by atoms with Gasteiger partial charge in [-0.3, -0.25) is 4.79 Å². The molecule has 0 aliphatic carbocycles. The first-order valence-corrected chi connectivity index (χ1v) is 7.00. The lowest BCUT2D eigenvalue weighted by molar-refractivity contribution is -0.120. The van der Waals surface area contributed by atoms with Crippen molar-refractivity contribution in [3.05, 3.63) is 18.2 Å². The Morgan fingerprint density at radius 2 is 2.15 bits per heavy atom. The lowest BCUT2D eigenvalue weighted by atomic mass is 9.88. The summed E-state index contributed by atoms with van der Waals surface area (Å²) in [6.07, 6.45) is 3.23. The van der Waals surface area contributed by atoms with Gasteiger partial charge in [0, 0.05) is 18.2 Å². The zero-order chi connectivity index (χ0) is 14.1. The Morgan fingerprint density at radius 1 is 1.30 bits per heavy atom. The van der Waals surface area contributed by atoms with Crippen LogP contribution in [-0.2, 0) is 4.79 Å². The highest BCUT2D eigenvalue weighted by atomic mass is 16.5. The Morgan fingerprint density at radius 3 is 2.75 bits per heavy atom. The number of fused-ring (bicyclic) bond motifs is 2. The Bertz CT molecular complexity index is 518. The van der Waals surface area contributed by atoms with Gasteiger partial charge < -0.3 is 20.1 Å². The van der Waals surface area contributed by atoms with Crippen LogP contribution in [0.2, 0.25) is 0 Å². The van der Waals surface area contributed by atoms with E-state index in [1.807, 2.05) is 12.1 Å². The van der Waals surface area contributed by atoms with Crippen molar-refractivity contribution in [2.75, 3.05) is 19.5 Å². The average molecular weight is 276 g/mol. The van der Waals surface area contributed by atoms with E-state index in [0.29, 0.717) is 29.3 Å². The van der Waals surface area contributed by atoms with Crippen LogP contribution in [0, 0.1) is 5.92 Å². The third-order valence-corrected chi connectivity index (χ3v) is 4.30. The molecule has 2 aliphatic heterocycles. The Hall–Kier alpha value is -1.75. The normalized spacial score (nSPS) is 27.4. The molecule has 2 aliphatic rings. The first kappa shape index (κ1) is 13.2. The molecular formula is C15H20N2O3. The number of hydrogen-bond donors (Lipinski definition) is 2. The molecule has 20 heavy (non-hydrogen) atoms. The van der Waals surface area contributed by atoms with Crippen molar-refractivity contribution >= 4 is 11.6 Å². The smallest absolute Gasteiger partial charge is 0.229 e. The lowest BCUT2D eigenvalue weighted by Crippen LogP contribution is -2.32. The van der Waals surface area contributed by atoms with Gasteiger partial charge in [-0.1, -0.05) is 0 Å². The second kappa shape index (κ2) is 5.32. The molecule has 2 N–H and O–H groups in total. The molecule has 108 valence electrons. The predicted octanol–water partition coefficient (Wildman–Crippen LogP) is 1.78. The van der Waals surface area contributed by atoms with Gasteiger partial charge in [0.15, 0.2) is 0 Å². The molecule has 0 aromatic heterocycles. The van der Waals surface area contributed by atoms with Crippen molar-refractivity contribution in [3.8, 4) is 11.5 Å². The van der Waals surface area contributed by atoms with Gasteiger partial charge in [-0.25, -0.2) is 0 Å². The second-order valence-corrected chi connectivity index (χ2v) is 5.45. The molecule has 5 heteroatoms. The first-order chi connectivity index (χ1) is 9.71. The Labute approximate surface area is 118 Å². The first-order valence-electron chi connectivity index (χ1n) is 7.00. The summed E-state index contributed by atoms with van der Waals surface area (Å²) in [4.78, 5) is 12.4. The van der Waals surface area contributed by atoms with E-state index in [1.54, 1.807) is 20.3 Å². The molecule has 5 nitrogen and oxygen atoms in total. The largest absolute Gasteiger partial charge is 0.497 e. The van der Waals surface area contributed by atoms with Crippen LogP contribution < -0.4 is 20.1 Å². The Balaban J connectivity index is 1.72. The maximum absolute atomic E-state index is 12.4. The SMILES string of the molecule is COc1ccc(NC(=O)C2CC3CCC2N3)c(OC)c1. The zero-order valence-electron chi connectivity index (χ0n) is 11.8. The van der Waals surface area contributed by atoms with Gasteiger partial charge in [0.25, 0.3) is 0 Å². The molecule has 0 radical (unpaired) electrons. The second-order valence-electron chi connectivity index (χ2n) is 5.45. The molecule has 1 aromatic rings. The van der Waals surface area contributed by atoms with Crippen LogP contribution in [0.1, 0.15) is 19.3 Å². The highest BCUT2D eigenvalue weighted by Crippen LogP contribution is 2.35. The van der Waals surface area contributed by atoms with Crippen LogP contribution in [0.5, 0.6) is 11.5 Å². The molecule has 0 saturated carbocycles.